The molecule has 0 spiro atoms. The molecule has 15 atom stereocenters. The number of aliphatic carboxylic acids is 5. The lowest BCUT2D eigenvalue weighted by molar-refractivity contribution is -0.152. The molecule has 1 aromatic rings. The molecule has 7 fully saturated rings. The molecule has 45 N–H and O–H groups in total. The van der Waals surface area contributed by atoms with Crippen molar-refractivity contribution in [3.8, 4) is 0 Å². The van der Waals surface area contributed by atoms with Crippen LogP contribution < -0.4 is 90.3 Å². The van der Waals surface area contributed by atoms with Gasteiger partial charge in [0.15, 0.2) is 0 Å². The van der Waals surface area contributed by atoms with Crippen LogP contribution in [-0.2, 0) is 104 Å². The van der Waals surface area contributed by atoms with Gasteiger partial charge < -0.3 is 167 Å². The minimum Gasteiger partial charge on any atom is -0.480 e. The van der Waals surface area contributed by atoms with Crippen molar-refractivity contribution in [2.75, 3.05) is 129 Å². The summed E-state index contributed by atoms with van der Waals surface area (Å²) < 4.78 is 206. The van der Waals surface area contributed by atoms with Gasteiger partial charge in [-0.2, -0.15) is 81.1 Å². The van der Waals surface area contributed by atoms with Gasteiger partial charge in [-0.3, -0.25) is 47.9 Å². The minimum atomic E-state index is -5.15. The van der Waals surface area contributed by atoms with E-state index in [1.807, 2.05) is 0 Å². The maximum absolute atomic E-state index is 13.4. The number of benzene rings is 1. The summed E-state index contributed by atoms with van der Waals surface area (Å²) in [6, 6.07) is -0.759. The van der Waals surface area contributed by atoms with E-state index in [1.54, 1.807) is 6.07 Å². The van der Waals surface area contributed by atoms with E-state index in [-0.39, 0.29) is 158 Å². The van der Waals surface area contributed by atoms with Crippen LogP contribution in [0.2, 0.25) is 31.6 Å². The minimum absolute atomic E-state index is 0.000612. The predicted molar refractivity (Wildman–Crippen MR) is 514 cm³/mol. The summed E-state index contributed by atoms with van der Waals surface area (Å²) in [5.41, 5.74) is 74.5. The number of carbonyl (C=O) groups excluding carboxylic acids is 5. The number of carbonyl (C=O) groups is 10. The van der Waals surface area contributed by atoms with Crippen molar-refractivity contribution >= 4 is 152 Å². The SMILES string of the molecule is NCC(N)C(=O)N(C1CCC1)S(=O)(=O)N1C[C@H](CCCB(O)O)[C@](N)(C(=O)O)C1.NCC(N)C(=O)N(C1COC1)S(=O)(=O)N1C[C@H](CCCB(O)O)[C@](N)(C(=O)O)C1.NCC(N)C(=O)N(CC(F)(F)F)S(=O)(=O)N1C[C@H](CCCB(O)O)[C@](N)(C(=O)O)C1.NCC(N)C(=O)N(CC(F)F)S(=O)(=O)N1C[C@H](CCCB(O)O)[C@](N)(C(=O)O)C1.NCC(N)C(=O)N(c1ccccc1)S(=O)(=O)N1C[C@H](CCCB(O)O)[C@](N)(C(=O)O)C1. The van der Waals surface area contributed by atoms with Gasteiger partial charge in [-0.25, -0.2) is 26.0 Å². The summed E-state index contributed by atoms with van der Waals surface area (Å²) in [4.78, 5) is 121. The Morgan fingerprint density at radius 3 is 0.851 bits per heavy atom. The predicted octanol–water partition coefficient (Wildman–Crippen LogP) is -16.5. The highest BCUT2D eigenvalue weighted by Crippen LogP contribution is 2.42. The molecule has 1 aliphatic carbocycles. The highest BCUT2D eigenvalue weighted by Gasteiger charge is 2.62. The molecule has 76 heteroatoms. The number of amides is 5. The van der Waals surface area contributed by atoms with Crippen LogP contribution in [0.3, 0.4) is 0 Å². The zero-order valence-corrected chi connectivity index (χ0v) is 84.4. The lowest BCUT2D eigenvalue weighted by atomic mass is 9.78. The molecule has 1 saturated carbocycles. The molecule has 1 aromatic carbocycles. The fraction of sp³-hybridized carbons (Fsp3) is 0.778. The number of para-hydroxylation sites is 1. The number of carboxylic acid groups (broad SMARTS) is 5. The van der Waals surface area contributed by atoms with E-state index < -0.39 is 334 Å². The van der Waals surface area contributed by atoms with Crippen LogP contribution in [0.25, 0.3) is 0 Å². The number of anilines is 1. The first kappa shape index (κ1) is 133. The summed E-state index contributed by atoms with van der Waals surface area (Å²) in [5, 5.41) is 137. The van der Waals surface area contributed by atoms with E-state index in [9.17, 15) is 138 Å². The van der Waals surface area contributed by atoms with Crippen molar-refractivity contribution in [2.45, 2.75) is 198 Å². The van der Waals surface area contributed by atoms with Crippen molar-refractivity contribution in [1.82, 2.24) is 38.7 Å². The quantitative estimate of drug-likeness (QED) is 0.0213. The van der Waals surface area contributed by atoms with Crippen LogP contribution in [0, 0.1) is 29.6 Å². The van der Waals surface area contributed by atoms with Crippen LogP contribution in [0.1, 0.15) is 83.5 Å². The van der Waals surface area contributed by atoms with E-state index in [2.05, 4.69) is 0 Å². The third-order valence-electron chi connectivity index (χ3n) is 25.9. The topological polar surface area (TPSA) is 1080 Å². The molecule has 0 radical (unpaired) electrons. The van der Waals surface area contributed by atoms with E-state index >= 15 is 0 Å². The first-order chi connectivity index (χ1) is 68.2. The maximum atomic E-state index is 13.4. The Balaban J connectivity index is 0.000000385. The van der Waals surface area contributed by atoms with Crippen LogP contribution >= 0.6 is 0 Å². The Morgan fingerprint density at radius 1 is 0.378 bits per heavy atom. The average molecular weight is 2240 g/mol. The summed E-state index contributed by atoms with van der Waals surface area (Å²) in [6.07, 6.45) is -5.42. The van der Waals surface area contributed by atoms with E-state index in [0.29, 0.717) is 30.1 Å². The Bertz CT molecular complexity index is 5100. The molecule has 8 rings (SSSR count). The number of alkyl halides is 5. The molecular weight excluding hydrogens is 2100 g/mol. The number of nitrogens with two attached hydrogens (primary N) is 15. The first-order valence-corrected chi connectivity index (χ1v) is 53.0. The zero-order chi connectivity index (χ0) is 113. The van der Waals surface area contributed by atoms with Crippen molar-refractivity contribution in [2.24, 2.45) is 116 Å². The Labute approximate surface area is 851 Å². The van der Waals surface area contributed by atoms with Crippen molar-refractivity contribution < 1.29 is 192 Å². The number of nitrogens with zero attached hydrogens (tertiary/aromatic N) is 10. The van der Waals surface area contributed by atoms with Crippen LogP contribution in [0.4, 0.5) is 27.6 Å². The molecule has 5 amide bonds. The van der Waals surface area contributed by atoms with Gasteiger partial charge in [0.05, 0.1) is 61.7 Å². The van der Waals surface area contributed by atoms with E-state index in [4.69, 9.17) is 141 Å². The van der Waals surface area contributed by atoms with Gasteiger partial charge in [0.2, 0.25) is 0 Å². The smallest absolute Gasteiger partial charge is 0.451 e. The maximum Gasteiger partial charge on any atom is 0.451 e. The van der Waals surface area contributed by atoms with Gasteiger partial charge in [-0.05, 0) is 95.1 Å². The Hall–Kier alpha value is -7.60. The number of carboxylic acids is 5. The molecule has 846 valence electrons. The molecule has 6 heterocycles. The summed E-state index contributed by atoms with van der Waals surface area (Å²) in [6.45, 7) is -10.5. The Kier molecular flexibility index (Phi) is 50.2. The van der Waals surface area contributed by atoms with Gasteiger partial charge in [-0.1, -0.05) is 50.3 Å². The van der Waals surface area contributed by atoms with Crippen LogP contribution in [0.5, 0.6) is 0 Å². The molecule has 148 heavy (non-hydrogen) atoms. The van der Waals surface area contributed by atoms with Crippen molar-refractivity contribution in [3.63, 3.8) is 0 Å². The third-order valence-corrected chi connectivity index (χ3v) is 35.1. The van der Waals surface area contributed by atoms with Gasteiger partial charge in [-0.15, -0.1) is 0 Å². The molecular formula is C72H137B5F5N25O36S5. The van der Waals surface area contributed by atoms with Crippen molar-refractivity contribution in [1.29, 1.82) is 0 Å². The summed E-state index contributed by atoms with van der Waals surface area (Å²) in [7, 11) is -31.3. The third kappa shape index (κ3) is 33.7. The monoisotopic (exact) mass is 2240 g/mol. The summed E-state index contributed by atoms with van der Waals surface area (Å²) in [5.74, 6) is -17.2. The van der Waals surface area contributed by atoms with Gasteiger partial charge in [0.25, 0.3) is 36.0 Å². The number of rotatable bonds is 51. The first-order valence-electron chi connectivity index (χ1n) is 46.0. The normalized spacial score (nSPS) is 24.8. The lowest BCUT2D eigenvalue weighted by Crippen LogP contribution is -2.62. The zero-order valence-electron chi connectivity index (χ0n) is 80.3. The Morgan fingerprint density at radius 2 is 0.622 bits per heavy atom. The van der Waals surface area contributed by atoms with Crippen LogP contribution in [-0.4, -0.2) is 459 Å². The fourth-order valence-electron chi connectivity index (χ4n) is 16.8. The molecule has 61 nitrogen and oxygen atoms in total. The second kappa shape index (κ2) is 56.0. The largest absolute Gasteiger partial charge is 0.480 e. The number of hydrogen-bond donors (Lipinski definition) is 30. The van der Waals surface area contributed by atoms with E-state index in [1.165, 1.54) is 24.3 Å². The van der Waals surface area contributed by atoms with E-state index in [0.717, 1.165) is 23.6 Å². The van der Waals surface area contributed by atoms with Crippen LogP contribution in [0.15, 0.2) is 30.3 Å². The standard InChI is InChI=1S/C17H28BN5O7S.C15H30BN5O7S.C14H28BN5O8S.C13H25BF3N5O7S.C13H26BF2N5O7S/c19-9-14(20)15(24)23(13-6-2-1-3-7-13)31(29,30)22-10-12(5-4-8-18(27)28)17(21,11-22)16(25)26;17-7-12(18)13(22)21(11-4-1-5-11)29(27,28)20-8-10(3-2-6-16(25)26)15(19,9-20)14(23)24;16-4-11(17)12(21)20(10-6-28-7-10)29(26,27)19-5-9(2-1-3-15(24)25)14(18,8-19)13(22)23;15-13(16,17)7-22(10(23)9(19)4-18)30(28,29)21-5-8(2-1-3-14(26)27)12(20,6-21)11(24)25;15-10(16)6-21(11(22)9(18)4-17)29(27,28)20-5-8(2-1-3-14(25)26)13(19,7-20)12(23)24/h1-3,6-7,12,14,27-28H,4-5,8-11,19-21H2,(H,25,26);10-12,25-26H,1-9,17-19H2,(H,23,24);9-11,24-25H,1-8,16-18H2,(H,22,23);8-9,26-27H,1-7,18-20H2,(H,24,25);8-10,25-26H,1-7,17-19H2,(H,23,24)/t12-,14?,17-;10-,12?,15-;9-,11?,14-;8-,9?,12-;8-,9?,13-/m00000/s1. The average Bonchev–Trinajstić information content (AvgIpc) is 1.59. The molecule has 7 aliphatic rings. The molecule has 5 unspecified atom stereocenters. The molecule has 6 aliphatic heterocycles. The van der Waals surface area contributed by atoms with Gasteiger partial charge >= 0.3 is 123 Å². The van der Waals surface area contributed by atoms with Gasteiger partial charge in [0, 0.05) is 134 Å². The summed E-state index contributed by atoms with van der Waals surface area (Å²) >= 11 is 0. The van der Waals surface area contributed by atoms with Gasteiger partial charge in [0.1, 0.15) is 34.2 Å². The second-order valence-electron chi connectivity index (χ2n) is 36.7. The fourth-order valence-corrected chi connectivity index (χ4v) is 25.7. The molecule has 0 bridgehead atoms. The molecule has 6 saturated heterocycles. The number of halogens is 5. The highest BCUT2D eigenvalue weighted by atomic mass is 32.2. The number of ether oxygens (including phenoxy) is 1. The number of hydrogen-bond acceptors (Lipinski definition) is 46. The van der Waals surface area contributed by atoms with Crippen molar-refractivity contribution in [3.05, 3.63) is 30.3 Å². The molecule has 0 aromatic heterocycles. The highest BCUT2D eigenvalue weighted by molar-refractivity contribution is 7.91. The second-order valence-corrected chi connectivity index (χ2v) is 45.8. The lowest BCUT2D eigenvalue weighted by Gasteiger charge is -2.39.